The van der Waals surface area contributed by atoms with Crippen LogP contribution < -0.4 is 5.32 Å². The summed E-state index contributed by atoms with van der Waals surface area (Å²) in [4.78, 5) is 26.8. The van der Waals surface area contributed by atoms with E-state index in [9.17, 15) is 4.79 Å². The average Bonchev–Trinajstić information content (AvgIpc) is 2.62. The molecule has 114 valence electrons. The summed E-state index contributed by atoms with van der Waals surface area (Å²) in [5.74, 6) is 0.649. The summed E-state index contributed by atoms with van der Waals surface area (Å²) >= 11 is 0. The average molecular weight is 299 g/mol. The maximum Gasteiger partial charge on any atom is 0.254 e. The van der Waals surface area contributed by atoms with Gasteiger partial charge in [-0.25, -0.2) is 4.98 Å². The van der Waals surface area contributed by atoms with Gasteiger partial charge < -0.3 is 15.0 Å². The Morgan fingerprint density at radius 2 is 2.05 bits per heavy atom. The van der Waals surface area contributed by atoms with Gasteiger partial charge in [0.2, 0.25) is 0 Å². The first-order valence-corrected chi connectivity index (χ1v) is 7.09. The maximum absolute atomic E-state index is 12.5. The van der Waals surface area contributed by atoms with Crippen LogP contribution in [0.5, 0.6) is 0 Å². The van der Waals surface area contributed by atoms with Crippen LogP contribution in [0.1, 0.15) is 22.2 Å². The van der Waals surface area contributed by atoms with E-state index in [1.165, 1.54) is 0 Å². The van der Waals surface area contributed by atoms with Gasteiger partial charge >= 0.3 is 0 Å². The number of hydrogen-bond acceptors (Lipinski definition) is 6. The lowest BCUT2D eigenvalue weighted by atomic mass is 10.1. The highest BCUT2D eigenvalue weighted by Gasteiger charge is 2.28. The number of morpholine rings is 1. The molecule has 2 aromatic heterocycles. The number of nitrogens with one attached hydrogen (secondary N) is 1. The van der Waals surface area contributed by atoms with Crippen LogP contribution in [-0.2, 0) is 4.74 Å². The maximum atomic E-state index is 12.5. The molecule has 7 nitrogen and oxygen atoms in total. The van der Waals surface area contributed by atoms with E-state index in [2.05, 4.69) is 20.3 Å². The van der Waals surface area contributed by atoms with Crippen molar-refractivity contribution in [3.63, 3.8) is 0 Å². The zero-order chi connectivity index (χ0) is 15.4. The van der Waals surface area contributed by atoms with Gasteiger partial charge in [-0.3, -0.25) is 14.8 Å². The monoisotopic (exact) mass is 299 g/mol. The summed E-state index contributed by atoms with van der Waals surface area (Å²) in [5, 5.41) is 3.00. The van der Waals surface area contributed by atoms with E-state index in [1.807, 2.05) is 0 Å². The molecular weight excluding hydrogens is 282 g/mol. The molecule has 1 fully saturated rings. The van der Waals surface area contributed by atoms with Crippen LogP contribution in [0.25, 0.3) is 0 Å². The van der Waals surface area contributed by atoms with Crippen LogP contribution in [-0.4, -0.2) is 52.5 Å². The highest BCUT2D eigenvalue weighted by atomic mass is 16.5. The van der Waals surface area contributed by atoms with E-state index in [4.69, 9.17) is 4.74 Å². The Balaban J connectivity index is 1.78. The number of ether oxygens (including phenoxy) is 1. The van der Waals surface area contributed by atoms with Gasteiger partial charge in [0.15, 0.2) is 0 Å². The van der Waals surface area contributed by atoms with E-state index in [0.29, 0.717) is 31.1 Å². The van der Waals surface area contributed by atoms with Gasteiger partial charge in [0.25, 0.3) is 5.91 Å². The molecule has 0 unspecified atom stereocenters. The van der Waals surface area contributed by atoms with E-state index in [0.717, 1.165) is 5.69 Å². The van der Waals surface area contributed by atoms with Gasteiger partial charge in [0, 0.05) is 43.9 Å². The molecule has 0 spiro atoms. The number of pyridine rings is 1. The van der Waals surface area contributed by atoms with Crippen molar-refractivity contribution >= 4 is 11.7 Å². The van der Waals surface area contributed by atoms with Gasteiger partial charge in [-0.15, -0.1) is 0 Å². The van der Waals surface area contributed by atoms with Crippen LogP contribution in [0, 0.1) is 0 Å². The highest BCUT2D eigenvalue weighted by molar-refractivity contribution is 5.94. The number of hydrogen-bond donors (Lipinski definition) is 1. The lowest BCUT2D eigenvalue weighted by molar-refractivity contribution is -0.0245. The molecule has 7 heteroatoms. The molecule has 0 bridgehead atoms. The van der Waals surface area contributed by atoms with Crippen molar-refractivity contribution in [1.82, 2.24) is 19.9 Å². The first-order chi connectivity index (χ1) is 10.8. The SMILES string of the molecule is CNc1nccnc1[C@H]1CN(C(=O)c2ccncc2)CCO1. The molecule has 1 aliphatic rings. The minimum absolute atomic E-state index is 0.0226. The molecule has 1 aliphatic heterocycles. The fourth-order valence-corrected chi connectivity index (χ4v) is 2.45. The summed E-state index contributed by atoms with van der Waals surface area (Å²) in [7, 11) is 1.79. The Kier molecular flexibility index (Phi) is 4.24. The number of aromatic nitrogens is 3. The highest BCUT2D eigenvalue weighted by Crippen LogP contribution is 2.25. The number of anilines is 1. The summed E-state index contributed by atoms with van der Waals surface area (Å²) in [6, 6.07) is 3.43. The van der Waals surface area contributed by atoms with Crippen molar-refractivity contribution in [2.24, 2.45) is 0 Å². The van der Waals surface area contributed by atoms with Crippen molar-refractivity contribution in [1.29, 1.82) is 0 Å². The number of amides is 1. The molecule has 0 aliphatic carbocycles. The molecule has 3 heterocycles. The van der Waals surface area contributed by atoms with E-state index >= 15 is 0 Å². The molecule has 0 radical (unpaired) electrons. The zero-order valence-corrected chi connectivity index (χ0v) is 12.3. The van der Waals surface area contributed by atoms with Gasteiger partial charge in [0.05, 0.1) is 13.2 Å². The van der Waals surface area contributed by atoms with Crippen molar-refractivity contribution in [3.05, 3.63) is 48.2 Å². The van der Waals surface area contributed by atoms with Crippen LogP contribution in [0.15, 0.2) is 36.9 Å². The predicted molar refractivity (Wildman–Crippen MR) is 80.4 cm³/mol. The Hall–Kier alpha value is -2.54. The summed E-state index contributed by atoms with van der Waals surface area (Å²) < 4.78 is 5.77. The number of carbonyl (C=O) groups is 1. The van der Waals surface area contributed by atoms with Crippen molar-refractivity contribution in [2.75, 3.05) is 32.1 Å². The van der Waals surface area contributed by atoms with Gasteiger partial charge in [-0.05, 0) is 12.1 Å². The van der Waals surface area contributed by atoms with E-state index in [-0.39, 0.29) is 12.0 Å². The number of rotatable bonds is 3. The molecule has 1 N–H and O–H groups in total. The first kappa shape index (κ1) is 14.4. The van der Waals surface area contributed by atoms with Crippen LogP contribution >= 0.6 is 0 Å². The number of nitrogens with zero attached hydrogens (tertiary/aromatic N) is 4. The first-order valence-electron chi connectivity index (χ1n) is 7.09. The van der Waals surface area contributed by atoms with E-state index < -0.39 is 0 Å². The molecular formula is C15H17N5O2. The quantitative estimate of drug-likeness (QED) is 0.915. The molecule has 0 aromatic carbocycles. The Labute approximate surface area is 128 Å². The zero-order valence-electron chi connectivity index (χ0n) is 12.3. The fourth-order valence-electron chi connectivity index (χ4n) is 2.45. The second-order valence-corrected chi connectivity index (χ2v) is 4.89. The predicted octanol–water partition coefficient (Wildman–Crippen LogP) is 1.13. The van der Waals surface area contributed by atoms with Crippen molar-refractivity contribution < 1.29 is 9.53 Å². The third-order valence-electron chi connectivity index (χ3n) is 3.55. The van der Waals surface area contributed by atoms with Gasteiger partial charge in [-0.2, -0.15) is 0 Å². The van der Waals surface area contributed by atoms with Crippen molar-refractivity contribution in [3.8, 4) is 0 Å². The lowest BCUT2D eigenvalue weighted by Gasteiger charge is -2.33. The number of carbonyl (C=O) groups excluding carboxylic acids is 1. The normalized spacial score (nSPS) is 18.0. The Morgan fingerprint density at radius 3 is 2.82 bits per heavy atom. The van der Waals surface area contributed by atoms with Gasteiger partial charge in [-0.1, -0.05) is 0 Å². The summed E-state index contributed by atoms with van der Waals surface area (Å²) in [6.07, 6.45) is 6.21. The smallest absolute Gasteiger partial charge is 0.254 e. The largest absolute Gasteiger partial charge is 0.372 e. The standard InChI is InChI=1S/C15H17N5O2/c1-16-14-13(18-6-7-19-14)12-10-20(8-9-22-12)15(21)11-2-4-17-5-3-11/h2-7,12H,8-10H2,1H3,(H,16,19)/t12-/m1/s1. The van der Waals surface area contributed by atoms with Gasteiger partial charge in [0.1, 0.15) is 17.6 Å². The van der Waals surface area contributed by atoms with Crippen LogP contribution in [0.4, 0.5) is 5.82 Å². The molecule has 22 heavy (non-hydrogen) atoms. The Morgan fingerprint density at radius 1 is 1.27 bits per heavy atom. The van der Waals surface area contributed by atoms with Crippen LogP contribution in [0.2, 0.25) is 0 Å². The molecule has 1 amide bonds. The second kappa shape index (κ2) is 6.48. The molecule has 1 saturated heterocycles. The summed E-state index contributed by atoms with van der Waals surface area (Å²) in [5.41, 5.74) is 1.35. The molecule has 1 atom stereocenters. The third kappa shape index (κ3) is 2.89. The fraction of sp³-hybridized carbons (Fsp3) is 0.333. The minimum atomic E-state index is -0.282. The van der Waals surface area contributed by atoms with Crippen molar-refractivity contribution in [2.45, 2.75) is 6.10 Å². The summed E-state index contributed by atoms with van der Waals surface area (Å²) in [6.45, 7) is 1.49. The molecule has 2 aromatic rings. The molecule has 3 rings (SSSR count). The van der Waals surface area contributed by atoms with E-state index in [1.54, 1.807) is 48.9 Å². The minimum Gasteiger partial charge on any atom is -0.372 e. The lowest BCUT2D eigenvalue weighted by Crippen LogP contribution is -2.42. The van der Waals surface area contributed by atoms with Crippen LogP contribution in [0.3, 0.4) is 0 Å². The topological polar surface area (TPSA) is 80.2 Å². The third-order valence-corrected chi connectivity index (χ3v) is 3.55. The Bertz CT molecular complexity index is 649. The second-order valence-electron chi connectivity index (χ2n) is 4.89. The molecule has 0 saturated carbocycles.